The van der Waals surface area contributed by atoms with Gasteiger partial charge in [0.15, 0.2) is 0 Å². The zero-order valence-corrected chi connectivity index (χ0v) is 7.17. The van der Waals surface area contributed by atoms with Crippen LogP contribution in [0.25, 0.3) is 0 Å². The van der Waals surface area contributed by atoms with Crippen molar-refractivity contribution in [3.8, 4) is 0 Å². The Morgan fingerprint density at radius 3 is 0.833 bits per heavy atom. The minimum absolute atomic E-state index is 0. The molecule has 0 aromatic rings. The van der Waals surface area contributed by atoms with Crippen LogP contribution in [0.2, 0.25) is 0 Å². The monoisotopic (exact) mass is 199 g/mol. The normalized spacial score (nSPS) is 10.0. The zero-order valence-electron chi connectivity index (χ0n) is 2.59. The molecule has 0 rings (SSSR count). The van der Waals surface area contributed by atoms with Gasteiger partial charge >= 0.3 is 49.6 Å². The van der Waals surface area contributed by atoms with Gasteiger partial charge in [-0.2, -0.15) is 0 Å². The maximum absolute atomic E-state index is 5.01. The number of hydrogen-bond donors (Lipinski definition) is 0. The van der Waals surface area contributed by atoms with Crippen molar-refractivity contribution in [1.82, 2.24) is 0 Å². The van der Waals surface area contributed by atoms with E-state index >= 15 is 0 Å². The summed E-state index contributed by atoms with van der Waals surface area (Å²) in [6, 6.07) is 0. The average Bonchev–Trinajstić information content (AvgIpc) is 0.722. The Hall–Kier alpha value is 1.94. The summed E-state index contributed by atoms with van der Waals surface area (Å²) in [6.07, 6.45) is 0. The fourth-order valence-corrected chi connectivity index (χ4v) is 0. The molecule has 0 heterocycles. The first kappa shape index (κ1) is 10.8. The van der Waals surface area contributed by atoms with E-state index in [-0.39, 0.29) is 8.41 Å². The van der Waals surface area contributed by atoms with Gasteiger partial charge in [-0.3, -0.25) is 0 Å². The van der Waals surface area contributed by atoms with Crippen LogP contribution in [0.5, 0.6) is 0 Å². The summed E-state index contributed by atoms with van der Waals surface area (Å²) in [4.78, 5) is 0. The van der Waals surface area contributed by atoms with E-state index in [0.717, 1.165) is 0 Å². The molecule has 0 aliphatic carbocycles. The van der Waals surface area contributed by atoms with Gasteiger partial charge in [-0.1, -0.05) is 0 Å². The molecule has 0 aromatic heterocycles. The van der Waals surface area contributed by atoms with Crippen molar-refractivity contribution >= 4 is 45.6 Å². The molecule has 0 unspecified atom stereocenters. The molecule has 3 radical (unpaired) electrons. The van der Waals surface area contributed by atoms with E-state index in [2.05, 4.69) is 0 Å². The summed E-state index contributed by atoms with van der Waals surface area (Å²) in [5.41, 5.74) is 0. The van der Waals surface area contributed by atoms with Gasteiger partial charge in [0, 0.05) is 8.41 Å². The van der Waals surface area contributed by atoms with Crippen LogP contribution in [0.1, 0.15) is 0 Å². The molecular formula is BCl4Ti. The van der Waals surface area contributed by atoms with Crippen molar-refractivity contribution in [2.24, 2.45) is 0 Å². The van der Waals surface area contributed by atoms with Gasteiger partial charge in [-0.25, -0.2) is 0 Å². The molecule has 0 bridgehead atoms. The second kappa shape index (κ2) is 3.88. The van der Waals surface area contributed by atoms with Crippen LogP contribution in [0.4, 0.5) is 0 Å². The maximum atomic E-state index is 5.01. The molecule has 0 spiro atoms. The molecule has 0 aliphatic rings. The predicted molar refractivity (Wildman–Crippen MR) is 29.2 cm³/mol. The Morgan fingerprint density at radius 1 is 0.833 bits per heavy atom. The molecule has 0 amide bonds. The van der Waals surface area contributed by atoms with E-state index in [1.54, 1.807) is 0 Å². The van der Waals surface area contributed by atoms with Crippen LogP contribution >= 0.6 is 37.2 Å². The predicted octanol–water partition coefficient (Wildman–Crippen LogP) is 2.37. The summed E-state index contributed by atoms with van der Waals surface area (Å²) in [6.45, 7) is 0. The van der Waals surface area contributed by atoms with Crippen LogP contribution in [0.15, 0.2) is 0 Å². The van der Waals surface area contributed by atoms with E-state index in [1.807, 2.05) is 0 Å². The zero-order chi connectivity index (χ0) is 4.50. The van der Waals surface area contributed by atoms with Crippen LogP contribution in [-0.4, -0.2) is 8.41 Å². The molecule has 6 heavy (non-hydrogen) atoms. The number of hydrogen-bond acceptors (Lipinski definition) is 0. The quantitative estimate of drug-likeness (QED) is 0.527. The van der Waals surface area contributed by atoms with Gasteiger partial charge in [-0.05, 0) is 0 Å². The third-order valence-corrected chi connectivity index (χ3v) is 0. The van der Waals surface area contributed by atoms with Gasteiger partial charge < -0.3 is 0 Å². The summed E-state index contributed by atoms with van der Waals surface area (Å²) in [7, 11) is 20.1. The Balaban J connectivity index is 0. The van der Waals surface area contributed by atoms with Gasteiger partial charge in [0.2, 0.25) is 0 Å². The third-order valence-electron chi connectivity index (χ3n) is 0. The van der Waals surface area contributed by atoms with Crippen molar-refractivity contribution in [3.05, 3.63) is 0 Å². The Morgan fingerprint density at radius 2 is 0.833 bits per heavy atom. The first-order chi connectivity index (χ1) is 2.00. The third kappa shape index (κ3) is 38.5. The fourth-order valence-electron chi connectivity index (χ4n) is 0. The Kier molecular flexibility index (Phi) is 7.01. The second-order valence-corrected chi connectivity index (χ2v) is 15.9. The molecule has 6 heteroatoms. The average molecular weight is 200 g/mol. The molecule has 0 saturated heterocycles. The molecule has 0 nitrogen and oxygen atoms in total. The fraction of sp³-hybridized carbons (Fsp3) is 0. The van der Waals surface area contributed by atoms with Crippen LogP contribution in [0, 0.1) is 0 Å². The standard InChI is InChI=1S/B.4ClH.Ti/h;4*1H;/q;;;;;+4/p-4. The van der Waals surface area contributed by atoms with Crippen LogP contribution < -0.4 is 0 Å². The van der Waals surface area contributed by atoms with Crippen molar-refractivity contribution in [1.29, 1.82) is 0 Å². The molecule has 0 N–H and O–H groups in total. The van der Waals surface area contributed by atoms with Gasteiger partial charge in [0.25, 0.3) is 0 Å². The van der Waals surface area contributed by atoms with Crippen molar-refractivity contribution in [2.75, 3.05) is 0 Å². The van der Waals surface area contributed by atoms with Crippen molar-refractivity contribution in [3.63, 3.8) is 0 Å². The van der Waals surface area contributed by atoms with E-state index in [0.29, 0.717) is 0 Å². The first-order valence-electron chi connectivity index (χ1n) is 0.756. The Bertz CT molecular complexity index is 23.0. The van der Waals surface area contributed by atoms with E-state index in [9.17, 15) is 0 Å². The van der Waals surface area contributed by atoms with Crippen LogP contribution in [-0.2, 0) is 12.3 Å². The molecule has 0 atom stereocenters. The topological polar surface area (TPSA) is 0 Å². The van der Waals surface area contributed by atoms with Gasteiger partial charge in [0.05, 0.1) is 0 Å². The van der Waals surface area contributed by atoms with Gasteiger partial charge in [-0.15, -0.1) is 0 Å². The molecule has 0 fully saturated rings. The molecule has 0 saturated carbocycles. The first-order valence-corrected chi connectivity index (χ1v) is 9.35. The second-order valence-electron chi connectivity index (χ2n) is 0.429. The molecular weight excluding hydrogens is 200 g/mol. The summed E-state index contributed by atoms with van der Waals surface area (Å²) in [5.74, 6) is 0. The number of halogens is 4. The van der Waals surface area contributed by atoms with E-state index in [1.165, 1.54) is 0 Å². The van der Waals surface area contributed by atoms with E-state index in [4.69, 9.17) is 37.2 Å². The van der Waals surface area contributed by atoms with Gasteiger partial charge in [0.1, 0.15) is 0 Å². The summed E-state index contributed by atoms with van der Waals surface area (Å²) in [5, 5.41) is 0. The summed E-state index contributed by atoms with van der Waals surface area (Å²) < 4.78 is 0. The SMILES string of the molecule is [B].[Cl][Ti]([Cl])([Cl])[Cl]. The molecule has 35 valence electrons. The van der Waals surface area contributed by atoms with Crippen molar-refractivity contribution in [2.45, 2.75) is 0 Å². The minimum atomic E-state index is -3.11. The molecule has 0 aliphatic heterocycles. The van der Waals surface area contributed by atoms with Crippen molar-refractivity contribution < 1.29 is 12.3 Å². The Labute approximate surface area is 57.5 Å². The number of rotatable bonds is 0. The van der Waals surface area contributed by atoms with Crippen LogP contribution in [0.3, 0.4) is 0 Å². The van der Waals surface area contributed by atoms with E-state index < -0.39 is 12.3 Å². The molecule has 0 aromatic carbocycles. The summed E-state index contributed by atoms with van der Waals surface area (Å²) >= 11 is -3.11.